The molecule has 2 amide bonds. The van der Waals surface area contributed by atoms with Gasteiger partial charge in [-0.3, -0.25) is 9.59 Å². The summed E-state index contributed by atoms with van der Waals surface area (Å²) in [5.41, 5.74) is 4.72. The van der Waals surface area contributed by atoms with Crippen LogP contribution in [0.2, 0.25) is 5.02 Å². The average Bonchev–Trinajstić information content (AvgIpc) is 3.03. The first-order valence-electron chi connectivity index (χ1n) is 10.4. The SMILES string of the molecule is Cc1[nH]c2ccc(C(=O)Nc3ccc(Cl)c(C(=O)NC4CCCCC4)c3)cc2c1C. The van der Waals surface area contributed by atoms with Crippen molar-refractivity contribution in [3.05, 3.63) is 63.8 Å². The maximum absolute atomic E-state index is 12.8. The van der Waals surface area contributed by atoms with Crippen LogP contribution in [0.15, 0.2) is 36.4 Å². The summed E-state index contributed by atoms with van der Waals surface area (Å²) in [4.78, 5) is 28.8. The standard InChI is InChI=1S/C24H26ClN3O2/c1-14-15(2)26-22-11-8-16(12-19(14)22)23(29)28-18-9-10-21(25)20(13-18)24(30)27-17-6-4-3-5-7-17/h8-13,17,26H,3-7H2,1-2H3,(H,27,30)(H,28,29). The lowest BCUT2D eigenvalue weighted by Gasteiger charge is -2.23. The fraction of sp³-hybridized carbons (Fsp3) is 0.333. The summed E-state index contributed by atoms with van der Waals surface area (Å²) in [5.74, 6) is -0.418. The van der Waals surface area contributed by atoms with Gasteiger partial charge in [0.2, 0.25) is 0 Å². The Morgan fingerprint density at radius 3 is 2.53 bits per heavy atom. The number of hydrogen-bond donors (Lipinski definition) is 3. The van der Waals surface area contributed by atoms with Crippen molar-refractivity contribution in [1.82, 2.24) is 10.3 Å². The summed E-state index contributed by atoms with van der Waals surface area (Å²) in [6.45, 7) is 4.05. The third-order valence-corrected chi connectivity index (χ3v) is 6.31. The van der Waals surface area contributed by atoms with Gasteiger partial charge in [-0.2, -0.15) is 0 Å². The van der Waals surface area contributed by atoms with E-state index in [4.69, 9.17) is 11.6 Å². The zero-order chi connectivity index (χ0) is 21.3. The maximum Gasteiger partial charge on any atom is 0.255 e. The molecule has 3 N–H and O–H groups in total. The number of aryl methyl sites for hydroxylation is 2. The van der Waals surface area contributed by atoms with E-state index in [9.17, 15) is 9.59 Å². The summed E-state index contributed by atoms with van der Waals surface area (Å²) in [6, 6.07) is 10.8. The maximum atomic E-state index is 12.8. The Balaban J connectivity index is 1.51. The van der Waals surface area contributed by atoms with Crippen molar-refractivity contribution in [2.24, 2.45) is 0 Å². The molecule has 0 bridgehead atoms. The summed E-state index contributed by atoms with van der Waals surface area (Å²) in [5, 5.41) is 7.37. The predicted octanol–water partition coefficient (Wildman–Crippen LogP) is 5.75. The van der Waals surface area contributed by atoms with E-state index in [1.165, 1.54) is 6.42 Å². The molecular formula is C24H26ClN3O2. The highest BCUT2D eigenvalue weighted by Crippen LogP contribution is 2.25. The van der Waals surface area contributed by atoms with Gasteiger partial charge < -0.3 is 15.6 Å². The fourth-order valence-corrected chi connectivity index (χ4v) is 4.30. The number of hydrogen-bond acceptors (Lipinski definition) is 2. The van der Waals surface area contributed by atoms with Gasteiger partial charge in [0.1, 0.15) is 0 Å². The van der Waals surface area contributed by atoms with E-state index in [0.717, 1.165) is 47.8 Å². The minimum atomic E-state index is -0.226. The first kappa shape index (κ1) is 20.5. The number of carbonyl (C=O) groups excluding carboxylic acids is 2. The molecule has 4 rings (SSSR count). The topological polar surface area (TPSA) is 74.0 Å². The van der Waals surface area contributed by atoms with E-state index >= 15 is 0 Å². The van der Waals surface area contributed by atoms with Crippen LogP contribution in [-0.4, -0.2) is 22.8 Å². The molecule has 0 spiro atoms. The van der Waals surface area contributed by atoms with Crippen LogP contribution in [0.5, 0.6) is 0 Å². The smallest absolute Gasteiger partial charge is 0.255 e. The lowest BCUT2D eigenvalue weighted by atomic mass is 9.95. The van der Waals surface area contributed by atoms with Crippen molar-refractivity contribution in [2.75, 3.05) is 5.32 Å². The van der Waals surface area contributed by atoms with Gasteiger partial charge in [-0.1, -0.05) is 30.9 Å². The van der Waals surface area contributed by atoms with E-state index < -0.39 is 0 Å². The van der Waals surface area contributed by atoms with Crippen molar-refractivity contribution < 1.29 is 9.59 Å². The lowest BCUT2D eigenvalue weighted by molar-refractivity contribution is 0.0926. The molecule has 1 saturated carbocycles. The number of amides is 2. The van der Waals surface area contributed by atoms with Crippen LogP contribution < -0.4 is 10.6 Å². The lowest BCUT2D eigenvalue weighted by Crippen LogP contribution is -2.36. The number of carbonyl (C=O) groups is 2. The first-order chi connectivity index (χ1) is 14.4. The summed E-state index contributed by atoms with van der Waals surface area (Å²) >= 11 is 6.27. The van der Waals surface area contributed by atoms with Crippen molar-refractivity contribution >= 4 is 40.0 Å². The van der Waals surface area contributed by atoms with Crippen molar-refractivity contribution in [1.29, 1.82) is 0 Å². The zero-order valence-electron chi connectivity index (χ0n) is 17.3. The number of halogens is 1. The van der Waals surface area contributed by atoms with Crippen molar-refractivity contribution in [3.8, 4) is 0 Å². The summed E-state index contributed by atoms with van der Waals surface area (Å²) < 4.78 is 0. The van der Waals surface area contributed by atoms with E-state index in [1.807, 2.05) is 26.0 Å². The Bertz CT molecular complexity index is 1110. The Labute approximate surface area is 181 Å². The van der Waals surface area contributed by atoms with Crippen molar-refractivity contribution in [2.45, 2.75) is 52.0 Å². The number of fused-ring (bicyclic) bond motifs is 1. The molecule has 30 heavy (non-hydrogen) atoms. The van der Waals surface area contributed by atoms with E-state index in [1.54, 1.807) is 24.3 Å². The van der Waals surface area contributed by atoms with E-state index in [0.29, 0.717) is 21.8 Å². The quantitative estimate of drug-likeness (QED) is 0.499. The summed E-state index contributed by atoms with van der Waals surface area (Å²) in [7, 11) is 0. The van der Waals surface area contributed by atoms with Gasteiger partial charge in [0.05, 0.1) is 10.6 Å². The predicted molar refractivity (Wildman–Crippen MR) is 122 cm³/mol. The molecule has 1 fully saturated rings. The van der Waals surface area contributed by atoms with Crippen LogP contribution in [0.3, 0.4) is 0 Å². The number of benzene rings is 2. The molecule has 0 unspecified atom stereocenters. The molecule has 1 aliphatic carbocycles. The third kappa shape index (κ3) is 4.21. The van der Waals surface area contributed by atoms with Crippen LogP contribution >= 0.6 is 11.6 Å². The van der Waals surface area contributed by atoms with Gasteiger partial charge in [0, 0.05) is 33.9 Å². The Kier molecular flexibility index (Phi) is 5.82. The number of rotatable bonds is 4. The second-order valence-corrected chi connectivity index (χ2v) is 8.50. The first-order valence-corrected chi connectivity index (χ1v) is 10.8. The molecule has 156 valence electrons. The molecule has 6 heteroatoms. The normalized spacial score (nSPS) is 14.6. The van der Waals surface area contributed by atoms with E-state index in [2.05, 4.69) is 15.6 Å². The zero-order valence-corrected chi connectivity index (χ0v) is 18.0. The van der Waals surface area contributed by atoms with Crippen LogP contribution in [0.4, 0.5) is 5.69 Å². The fourth-order valence-electron chi connectivity index (χ4n) is 4.09. The Morgan fingerprint density at radius 1 is 1.00 bits per heavy atom. The molecule has 3 aromatic rings. The van der Waals surface area contributed by atoms with Crippen molar-refractivity contribution in [3.63, 3.8) is 0 Å². The largest absolute Gasteiger partial charge is 0.358 e. The third-order valence-electron chi connectivity index (χ3n) is 5.98. The molecule has 5 nitrogen and oxygen atoms in total. The van der Waals surface area contributed by atoms with Gasteiger partial charge in [-0.15, -0.1) is 0 Å². The molecule has 2 aromatic carbocycles. The number of nitrogens with one attached hydrogen (secondary N) is 3. The van der Waals surface area contributed by atoms with Gasteiger partial charge in [0.15, 0.2) is 0 Å². The molecule has 1 aliphatic rings. The van der Waals surface area contributed by atoms with Crippen LogP contribution in [0, 0.1) is 13.8 Å². The Hall–Kier alpha value is -2.79. The summed E-state index contributed by atoms with van der Waals surface area (Å²) in [6.07, 6.45) is 5.50. The highest BCUT2D eigenvalue weighted by atomic mass is 35.5. The van der Waals surface area contributed by atoms with Gasteiger partial charge in [0.25, 0.3) is 11.8 Å². The molecule has 1 aromatic heterocycles. The van der Waals surface area contributed by atoms with Gasteiger partial charge in [-0.05, 0) is 68.7 Å². The number of aromatic nitrogens is 1. The molecule has 0 radical (unpaired) electrons. The molecular weight excluding hydrogens is 398 g/mol. The molecule has 0 atom stereocenters. The minimum Gasteiger partial charge on any atom is -0.358 e. The van der Waals surface area contributed by atoms with Gasteiger partial charge in [-0.25, -0.2) is 0 Å². The molecule has 0 saturated heterocycles. The highest BCUT2D eigenvalue weighted by molar-refractivity contribution is 6.34. The van der Waals surface area contributed by atoms with E-state index in [-0.39, 0.29) is 17.9 Å². The average molecular weight is 424 g/mol. The Morgan fingerprint density at radius 2 is 1.77 bits per heavy atom. The second kappa shape index (κ2) is 8.52. The minimum absolute atomic E-state index is 0.192. The van der Waals surface area contributed by atoms with Crippen LogP contribution in [0.25, 0.3) is 10.9 Å². The second-order valence-electron chi connectivity index (χ2n) is 8.09. The number of H-pyrrole nitrogens is 1. The number of aromatic amines is 1. The monoisotopic (exact) mass is 423 g/mol. The van der Waals surface area contributed by atoms with Crippen LogP contribution in [0.1, 0.15) is 64.1 Å². The number of anilines is 1. The molecule has 1 heterocycles. The highest BCUT2D eigenvalue weighted by Gasteiger charge is 2.19. The van der Waals surface area contributed by atoms with Gasteiger partial charge >= 0.3 is 0 Å². The molecule has 0 aliphatic heterocycles. The van der Waals surface area contributed by atoms with Crippen LogP contribution in [-0.2, 0) is 0 Å².